The van der Waals surface area contributed by atoms with Crippen LogP contribution in [0, 0.1) is 0 Å². The zero-order valence-electron chi connectivity index (χ0n) is 10.2. The van der Waals surface area contributed by atoms with Gasteiger partial charge >= 0.3 is 0 Å². The van der Waals surface area contributed by atoms with Gasteiger partial charge in [0.15, 0.2) is 0 Å². The number of nitrogen functional groups attached to an aromatic ring is 1. The van der Waals surface area contributed by atoms with Crippen LogP contribution in [0.1, 0.15) is 13.8 Å². The van der Waals surface area contributed by atoms with Crippen LogP contribution in [-0.4, -0.2) is 49.2 Å². The SMILES string of the molecule is COCCN(C(C)C)S(=O)(=O)c1cn[nH]c1N. The van der Waals surface area contributed by atoms with Crippen LogP contribution < -0.4 is 5.73 Å². The molecule has 1 rings (SSSR count). The molecule has 0 amide bonds. The molecule has 0 aliphatic carbocycles. The molecule has 0 saturated carbocycles. The molecule has 17 heavy (non-hydrogen) atoms. The first-order chi connectivity index (χ1) is 7.91. The summed E-state index contributed by atoms with van der Waals surface area (Å²) < 4.78 is 30.8. The van der Waals surface area contributed by atoms with Gasteiger partial charge in [-0.2, -0.15) is 9.40 Å². The molecule has 1 heterocycles. The maximum absolute atomic E-state index is 12.3. The molecule has 7 nitrogen and oxygen atoms in total. The number of aromatic amines is 1. The lowest BCUT2D eigenvalue weighted by Crippen LogP contribution is -2.39. The maximum Gasteiger partial charge on any atom is 0.248 e. The first-order valence-corrected chi connectivity index (χ1v) is 6.65. The molecule has 0 unspecified atom stereocenters. The molecule has 0 saturated heterocycles. The Morgan fingerprint density at radius 2 is 2.24 bits per heavy atom. The van der Waals surface area contributed by atoms with E-state index < -0.39 is 10.0 Å². The van der Waals surface area contributed by atoms with Gasteiger partial charge in [-0.05, 0) is 13.8 Å². The third-order valence-electron chi connectivity index (χ3n) is 2.31. The summed E-state index contributed by atoms with van der Waals surface area (Å²) in [6.45, 7) is 4.20. The van der Waals surface area contributed by atoms with Gasteiger partial charge in [-0.3, -0.25) is 5.10 Å². The van der Waals surface area contributed by atoms with E-state index in [1.54, 1.807) is 13.8 Å². The van der Waals surface area contributed by atoms with Crippen LogP contribution in [0.4, 0.5) is 5.82 Å². The minimum absolute atomic E-state index is 0.00213. The molecule has 8 heteroatoms. The zero-order chi connectivity index (χ0) is 13.1. The van der Waals surface area contributed by atoms with Crippen molar-refractivity contribution in [2.45, 2.75) is 24.8 Å². The second-order valence-corrected chi connectivity index (χ2v) is 5.71. The molecule has 0 aliphatic rings. The fourth-order valence-corrected chi connectivity index (χ4v) is 3.09. The van der Waals surface area contributed by atoms with E-state index in [1.165, 1.54) is 17.6 Å². The highest BCUT2D eigenvalue weighted by molar-refractivity contribution is 7.89. The molecule has 98 valence electrons. The fraction of sp³-hybridized carbons (Fsp3) is 0.667. The number of hydrogen-bond donors (Lipinski definition) is 2. The summed E-state index contributed by atoms with van der Waals surface area (Å²) in [6.07, 6.45) is 1.22. The third kappa shape index (κ3) is 2.96. The minimum Gasteiger partial charge on any atom is -0.383 e. The van der Waals surface area contributed by atoms with Crippen molar-refractivity contribution in [2.75, 3.05) is 26.0 Å². The Kier molecular flexibility index (Phi) is 4.49. The van der Waals surface area contributed by atoms with Gasteiger partial charge in [0.2, 0.25) is 10.0 Å². The highest BCUT2D eigenvalue weighted by Crippen LogP contribution is 2.21. The molecule has 1 aromatic heterocycles. The molecular weight excluding hydrogens is 244 g/mol. The van der Waals surface area contributed by atoms with Crippen molar-refractivity contribution >= 4 is 15.8 Å². The van der Waals surface area contributed by atoms with Gasteiger partial charge in [0, 0.05) is 19.7 Å². The number of nitrogens with zero attached hydrogens (tertiary/aromatic N) is 2. The monoisotopic (exact) mass is 262 g/mol. The van der Waals surface area contributed by atoms with E-state index in [2.05, 4.69) is 10.2 Å². The van der Waals surface area contributed by atoms with E-state index in [0.29, 0.717) is 6.61 Å². The van der Waals surface area contributed by atoms with Crippen molar-refractivity contribution in [3.8, 4) is 0 Å². The van der Waals surface area contributed by atoms with Crippen molar-refractivity contribution < 1.29 is 13.2 Å². The number of H-pyrrole nitrogens is 1. The highest BCUT2D eigenvalue weighted by atomic mass is 32.2. The van der Waals surface area contributed by atoms with E-state index in [9.17, 15) is 8.42 Å². The summed E-state index contributed by atoms with van der Waals surface area (Å²) in [5.74, 6) is 0.0491. The van der Waals surface area contributed by atoms with Gasteiger partial charge in [0.05, 0.1) is 12.8 Å². The summed E-state index contributed by atoms with van der Waals surface area (Å²) in [5.41, 5.74) is 5.54. The molecule has 3 N–H and O–H groups in total. The van der Waals surface area contributed by atoms with Gasteiger partial charge in [0.25, 0.3) is 0 Å². The maximum atomic E-state index is 12.3. The Labute approximate surface area is 101 Å². The first kappa shape index (κ1) is 13.9. The molecule has 0 atom stereocenters. The first-order valence-electron chi connectivity index (χ1n) is 5.21. The minimum atomic E-state index is -3.63. The number of methoxy groups -OCH3 is 1. The predicted molar refractivity (Wildman–Crippen MR) is 63.9 cm³/mol. The van der Waals surface area contributed by atoms with E-state index in [-0.39, 0.29) is 23.3 Å². The fourth-order valence-electron chi connectivity index (χ4n) is 1.45. The molecule has 0 aromatic carbocycles. The van der Waals surface area contributed by atoms with Crippen LogP contribution in [0.15, 0.2) is 11.1 Å². The van der Waals surface area contributed by atoms with E-state index in [1.807, 2.05) is 0 Å². The topological polar surface area (TPSA) is 101 Å². The Morgan fingerprint density at radius 3 is 2.65 bits per heavy atom. The number of nitrogens with one attached hydrogen (secondary N) is 1. The third-order valence-corrected chi connectivity index (χ3v) is 4.41. The highest BCUT2D eigenvalue weighted by Gasteiger charge is 2.29. The lowest BCUT2D eigenvalue weighted by Gasteiger charge is -2.25. The summed E-state index contributed by atoms with van der Waals surface area (Å²) in [4.78, 5) is 0.00213. The van der Waals surface area contributed by atoms with Crippen LogP contribution >= 0.6 is 0 Å². The van der Waals surface area contributed by atoms with Crippen LogP contribution in [0.2, 0.25) is 0 Å². The van der Waals surface area contributed by atoms with Crippen molar-refractivity contribution in [3.63, 3.8) is 0 Å². The second kappa shape index (κ2) is 5.48. The van der Waals surface area contributed by atoms with Crippen molar-refractivity contribution in [3.05, 3.63) is 6.20 Å². The quantitative estimate of drug-likeness (QED) is 0.753. The summed E-state index contributed by atoms with van der Waals surface area (Å²) in [7, 11) is -2.10. The van der Waals surface area contributed by atoms with Gasteiger partial charge < -0.3 is 10.5 Å². The Morgan fingerprint density at radius 1 is 1.59 bits per heavy atom. The van der Waals surface area contributed by atoms with Crippen molar-refractivity contribution in [1.29, 1.82) is 0 Å². The molecule has 0 spiro atoms. The number of rotatable bonds is 6. The van der Waals surface area contributed by atoms with Gasteiger partial charge in [0.1, 0.15) is 10.7 Å². The lowest BCUT2D eigenvalue weighted by molar-refractivity contribution is 0.171. The normalized spacial score (nSPS) is 12.5. The van der Waals surface area contributed by atoms with E-state index in [4.69, 9.17) is 10.5 Å². The zero-order valence-corrected chi connectivity index (χ0v) is 11.0. The van der Waals surface area contributed by atoms with E-state index in [0.717, 1.165) is 0 Å². The average molecular weight is 262 g/mol. The Hall–Kier alpha value is -1.12. The van der Waals surface area contributed by atoms with Crippen LogP contribution in [0.3, 0.4) is 0 Å². The lowest BCUT2D eigenvalue weighted by atomic mass is 10.4. The Bertz CT molecular complexity index is 455. The smallest absolute Gasteiger partial charge is 0.248 e. The largest absolute Gasteiger partial charge is 0.383 e. The molecule has 0 fully saturated rings. The number of hydrogen-bond acceptors (Lipinski definition) is 5. The predicted octanol–water partition coefficient (Wildman–Crippen LogP) is 0.0374. The van der Waals surface area contributed by atoms with E-state index >= 15 is 0 Å². The van der Waals surface area contributed by atoms with Crippen LogP contribution in [-0.2, 0) is 14.8 Å². The van der Waals surface area contributed by atoms with Crippen LogP contribution in [0.5, 0.6) is 0 Å². The average Bonchev–Trinajstić information content (AvgIpc) is 2.64. The summed E-state index contributed by atoms with van der Waals surface area (Å²) >= 11 is 0. The van der Waals surface area contributed by atoms with Gasteiger partial charge in [-0.15, -0.1) is 0 Å². The summed E-state index contributed by atoms with van der Waals surface area (Å²) in [6, 6.07) is -0.176. The van der Waals surface area contributed by atoms with Crippen molar-refractivity contribution in [2.24, 2.45) is 0 Å². The van der Waals surface area contributed by atoms with Gasteiger partial charge in [-0.25, -0.2) is 8.42 Å². The molecular formula is C9H18N4O3S. The number of ether oxygens (including phenoxy) is 1. The standard InChI is InChI=1S/C9H18N4O3S/c1-7(2)13(4-5-16-3)17(14,15)8-6-11-12-9(8)10/h6-7H,4-5H2,1-3H3,(H3,10,11,12). The Balaban J connectivity index is 3.05. The number of nitrogens with two attached hydrogens (primary N) is 1. The van der Waals surface area contributed by atoms with Gasteiger partial charge in [-0.1, -0.05) is 0 Å². The van der Waals surface area contributed by atoms with Crippen LogP contribution in [0.25, 0.3) is 0 Å². The molecule has 0 aliphatic heterocycles. The summed E-state index contributed by atoms with van der Waals surface area (Å²) in [5, 5.41) is 6.04. The number of aromatic nitrogens is 2. The second-order valence-electron chi connectivity index (χ2n) is 3.85. The molecule has 0 bridgehead atoms. The number of sulfonamides is 1. The van der Waals surface area contributed by atoms with Crippen molar-refractivity contribution in [1.82, 2.24) is 14.5 Å². The molecule has 1 aromatic rings. The number of anilines is 1. The molecule has 0 radical (unpaired) electrons.